The van der Waals surface area contributed by atoms with Crippen LogP contribution in [0.1, 0.15) is 5.69 Å². The number of rotatable bonds is 2. The monoisotopic (exact) mass is 435 g/mol. The van der Waals surface area contributed by atoms with Crippen LogP contribution in [0.3, 0.4) is 0 Å². The fraction of sp³-hybridized carbons (Fsp3) is 0.0556. The molecule has 1 nitrogen and oxygen atoms in total. The second kappa shape index (κ2) is 7.28. The summed E-state index contributed by atoms with van der Waals surface area (Å²) < 4.78 is 39.5. The van der Waals surface area contributed by atoms with Crippen LogP contribution in [0, 0.1) is 0 Å². The fourth-order valence-electron chi connectivity index (χ4n) is 2.46. The van der Waals surface area contributed by atoms with Crippen LogP contribution >= 0.6 is 46.4 Å². The van der Waals surface area contributed by atoms with E-state index in [1.165, 1.54) is 12.1 Å². The zero-order valence-electron chi connectivity index (χ0n) is 12.7. The summed E-state index contributed by atoms with van der Waals surface area (Å²) in [5, 5.41) is 1.27. The highest BCUT2D eigenvalue weighted by molar-refractivity contribution is 6.37. The molecule has 8 heteroatoms. The number of nitrogens with zero attached hydrogens (tertiary/aromatic N) is 1. The van der Waals surface area contributed by atoms with Gasteiger partial charge in [-0.3, -0.25) is 4.98 Å². The molecule has 0 saturated carbocycles. The lowest BCUT2D eigenvalue weighted by Gasteiger charge is -2.16. The SMILES string of the molecule is FC(F)(F)c1cc(-c2cc(Cl)ccc2Cl)c(-c2cc(Cl)ccc2Cl)cn1. The number of aromatic nitrogens is 1. The quantitative estimate of drug-likeness (QED) is 0.396. The first-order valence-electron chi connectivity index (χ1n) is 7.15. The molecule has 0 amide bonds. The van der Waals surface area contributed by atoms with Crippen molar-refractivity contribution in [3.63, 3.8) is 0 Å². The Bertz CT molecular complexity index is 987. The molecule has 0 unspecified atom stereocenters. The van der Waals surface area contributed by atoms with Crippen molar-refractivity contribution in [2.24, 2.45) is 0 Å². The number of alkyl halides is 3. The van der Waals surface area contributed by atoms with Crippen LogP contribution < -0.4 is 0 Å². The van der Waals surface area contributed by atoms with Crippen molar-refractivity contribution >= 4 is 46.4 Å². The van der Waals surface area contributed by atoms with Crippen molar-refractivity contribution in [2.75, 3.05) is 0 Å². The van der Waals surface area contributed by atoms with E-state index in [0.717, 1.165) is 12.3 Å². The van der Waals surface area contributed by atoms with Gasteiger partial charge in [-0.15, -0.1) is 0 Å². The zero-order chi connectivity index (χ0) is 19.1. The molecule has 0 radical (unpaired) electrons. The highest BCUT2D eigenvalue weighted by Crippen LogP contribution is 2.42. The van der Waals surface area contributed by atoms with E-state index in [1.807, 2.05) is 0 Å². The molecule has 3 rings (SSSR count). The third kappa shape index (κ3) is 3.94. The van der Waals surface area contributed by atoms with Crippen LogP contribution in [-0.2, 0) is 6.18 Å². The lowest BCUT2D eigenvalue weighted by molar-refractivity contribution is -0.141. The van der Waals surface area contributed by atoms with Crippen LogP contribution in [0.15, 0.2) is 48.7 Å². The van der Waals surface area contributed by atoms with Crippen LogP contribution in [0.25, 0.3) is 22.3 Å². The average molecular weight is 437 g/mol. The maximum absolute atomic E-state index is 13.2. The summed E-state index contributed by atoms with van der Waals surface area (Å²) in [6, 6.07) is 10.2. The first-order chi connectivity index (χ1) is 12.2. The number of hydrogen-bond donors (Lipinski definition) is 0. The van der Waals surface area contributed by atoms with Crippen molar-refractivity contribution in [1.82, 2.24) is 4.98 Å². The van der Waals surface area contributed by atoms with Crippen LogP contribution in [0.5, 0.6) is 0 Å². The topological polar surface area (TPSA) is 12.9 Å². The summed E-state index contributed by atoms with van der Waals surface area (Å²) in [5.41, 5.74) is 0.272. The third-order valence-electron chi connectivity index (χ3n) is 3.63. The standard InChI is InChI=1S/C18H8Cl4F3N/c19-9-1-3-15(21)12(5-9)11-7-17(18(23,24)25)26-8-14(11)13-6-10(20)2-4-16(13)22/h1-8H. The number of pyridine rings is 1. The van der Waals surface area contributed by atoms with Crippen LogP contribution in [0.2, 0.25) is 20.1 Å². The Kier molecular flexibility index (Phi) is 5.40. The van der Waals surface area contributed by atoms with Crippen molar-refractivity contribution in [3.05, 3.63) is 74.4 Å². The van der Waals surface area contributed by atoms with Gasteiger partial charge in [-0.2, -0.15) is 13.2 Å². The lowest BCUT2D eigenvalue weighted by Crippen LogP contribution is -2.08. The molecular weight excluding hydrogens is 429 g/mol. The Morgan fingerprint density at radius 2 is 1.15 bits per heavy atom. The minimum Gasteiger partial charge on any atom is -0.251 e. The van der Waals surface area contributed by atoms with Crippen molar-refractivity contribution in [3.8, 4) is 22.3 Å². The molecule has 0 bridgehead atoms. The van der Waals surface area contributed by atoms with Gasteiger partial charge in [-0.1, -0.05) is 46.4 Å². The molecule has 134 valence electrons. The maximum atomic E-state index is 13.2. The van der Waals surface area contributed by atoms with Crippen molar-refractivity contribution in [2.45, 2.75) is 6.18 Å². The van der Waals surface area contributed by atoms with Gasteiger partial charge >= 0.3 is 6.18 Å². The van der Waals surface area contributed by atoms with Gasteiger partial charge in [0.15, 0.2) is 0 Å². The summed E-state index contributed by atoms with van der Waals surface area (Å²) in [4.78, 5) is 3.53. The van der Waals surface area contributed by atoms with Gasteiger partial charge in [0.05, 0.1) is 0 Å². The maximum Gasteiger partial charge on any atom is 0.433 e. The molecular formula is C18H8Cl4F3N. The summed E-state index contributed by atoms with van der Waals surface area (Å²) >= 11 is 24.5. The molecule has 26 heavy (non-hydrogen) atoms. The first kappa shape index (κ1) is 19.3. The van der Waals surface area contributed by atoms with Crippen LogP contribution in [0.4, 0.5) is 13.2 Å². The Balaban J connectivity index is 2.35. The second-order valence-electron chi connectivity index (χ2n) is 5.36. The predicted octanol–water partition coefficient (Wildman–Crippen LogP) is 8.05. The van der Waals surface area contributed by atoms with Gasteiger partial charge in [-0.25, -0.2) is 0 Å². The second-order valence-corrected chi connectivity index (χ2v) is 7.05. The molecule has 0 aliphatic heterocycles. The summed E-state index contributed by atoms with van der Waals surface area (Å²) in [6.07, 6.45) is -3.51. The van der Waals surface area contributed by atoms with E-state index < -0.39 is 11.9 Å². The normalized spacial score (nSPS) is 11.7. The van der Waals surface area contributed by atoms with Gasteiger partial charge in [0, 0.05) is 43.0 Å². The van der Waals surface area contributed by atoms with E-state index in [-0.39, 0.29) is 10.6 Å². The van der Waals surface area contributed by atoms with E-state index in [9.17, 15) is 13.2 Å². The molecule has 0 N–H and O–H groups in total. The van der Waals surface area contributed by atoms with E-state index in [2.05, 4.69) is 4.98 Å². The van der Waals surface area contributed by atoms with Gasteiger partial charge in [0.1, 0.15) is 5.69 Å². The molecule has 0 atom stereocenters. The molecule has 0 aliphatic rings. The van der Waals surface area contributed by atoms with Gasteiger partial charge in [0.2, 0.25) is 0 Å². The molecule has 0 saturated heterocycles. The van der Waals surface area contributed by atoms with Crippen molar-refractivity contribution in [1.29, 1.82) is 0 Å². The van der Waals surface area contributed by atoms with E-state index >= 15 is 0 Å². The lowest BCUT2D eigenvalue weighted by atomic mass is 9.95. The molecule has 3 aromatic rings. The van der Waals surface area contributed by atoms with Crippen LogP contribution in [-0.4, -0.2) is 4.98 Å². The van der Waals surface area contributed by atoms with E-state index in [4.69, 9.17) is 46.4 Å². The first-order valence-corrected chi connectivity index (χ1v) is 8.66. The minimum absolute atomic E-state index is 0.198. The Hall–Kier alpha value is -1.46. The summed E-state index contributed by atoms with van der Waals surface area (Å²) in [6.45, 7) is 0. The average Bonchev–Trinajstić information content (AvgIpc) is 2.58. The largest absolute Gasteiger partial charge is 0.433 e. The minimum atomic E-state index is -4.61. The third-order valence-corrected chi connectivity index (χ3v) is 4.76. The van der Waals surface area contributed by atoms with Gasteiger partial charge in [0.25, 0.3) is 0 Å². The van der Waals surface area contributed by atoms with E-state index in [1.54, 1.807) is 24.3 Å². The summed E-state index contributed by atoms with van der Waals surface area (Å²) in [7, 11) is 0. The Labute approximate surface area is 167 Å². The molecule has 2 aromatic carbocycles. The summed E-state index contributed by atoms with van der Waals surface area (Å²) in [5.74, 6) is 0. The highest BCUT2D eigenvalue weighted by Gasteiger charge is 2.33. The molecule has 0 aliphatic carbocycles. The number of halogens is 7. The number of benzene rings is 2. The number of hydrogen-bond acceptors (Lipinski definition) is 1. The molecule has 1 heterocycles. The smallest absolute Gasteiger partial charge is 0.251 e. The van der Waals surface area contributed by atoms with E-state index in [0.29, 0.717) is 31.8 Å². The zero-order valence-corrected chi connectivity index (χ0v) is 15.7. The Morgan fingerprint density at radius 1 is 0.654 bits per heavy atom. The molecule has 0 spiro atoms. The predicted molar refractivity (Wildman–Crippen MR) is 100 cm³/mol. The van der Waals surface area contributed by atoms with Crippen molar-refractivity contribution < 1.29 is 13.2 Å². The highest BCUT2D eigenvalue weighted by atomic mass is 35.5. The van der Waals surface area contributed by atoms with Gasteiger partial charge < -0.3 is 0 Å². The molecule has 0 fully saturated rings. The Morgan fingerprint density at radius 3 is 1.65 bits per heavy atom. The molecule has 1 aromatic heterocycles. The fourth-order valence-corrected chi connectivity index (χ4v) is 3.24. The van der Waals surface area contributed by atoms with Gasteiger partial charge in [-0.05, 0) is 48.0 Å².